The van der Waals surface area contributed by atoms with Gasteiger partial charge in [0.2, 0.25) is 0 Å². The number of ether oxygens (including phenoxy) is 2. The van der Waals surface area contributed by atoms with Crippen molar-refractivity contribution < 1.29 is 14.3 Å². The first-order valence-electron chi connectivity index (χ1n) is 7.50. The third-order valence-corrected chi connectivity index (χ3v) is 4.13. The van der Waals surface area contributed by atoms with E-state index in [4.69, 9.17) is 9.47 Å². The molecule has 0 aromatic heterocycles. The highest BCUT2D eigenvalue weighted by molar-refractivity contribution is 5.74. The second kappa shape index (κ2) is 6.45. The van der Waals surface area contributed by atoms with E-state index in [1.165, 1.54) is 11.1 Å². The van der Waals surface area contributed by atoms with Gasteiger partial charge in [0.1, 0.15) is 0 Å². The molecule has 0 bridgehead atoms. The predicted octanol–water partition coefficient (Wildman–Crippen LogP) is 1.51. The highest BCUT2D eigenvalue weighted by Crippen LogP contribution is 2.20. The monoisotopic (exact) mass is 290 g/mol. The lowest BCUT2D eigenvalue weighted by molar-refractivity contribution is 0.00661. The van der Waals surface area contributed by atoms with Crippen molar-refractivity contribution in [3.8, 4) is 0 Å². The highest BCUT2D eigenvalue weighted by Gasteiger charge is 2.25. The molecule has 1 unspecified atom stereocenters. The molecule has 5 nitrogen and oxygen atoms in total. The van der Waals surface area contributed by atoms with Crippen LogP contribution in [-0.4, -0.2) is 61.8 Å². The van der Waals surface area contributed by atoms with E-state index in [1.807, 2.05) is 18.0 Å². The largest absolute Gasteiger partial charge is 0.378 e. The molecule has 2 amide bonds. The molecule has 1 fully saturated rings. The first-order chi connectivity index (χ1) is 10.2. The molecule has 1 aromatic carbocycles. The average Bonchev–Trinajstić information content (AvgIpc) is 2.55. The van der Waals surface area contributed by atoms with E-state index >= 15 is 0 Å². The fourth-order valence-electron chi connectivity index (χ4n) is 2.91. The van der Waals surface area contributed by atoms with Gasteiger partial charge in [0.05, 0.1) is 25.9 Å². The Labute approximate surface area is 125 Å². The molecule has 2 aliphatic heterocycles. The molecule has 3 rings (SSSR count). The molecular weight excluding hydrogens is 268 g/mol. The zero-order valence-corrected chi connectivity index (χ0v) is 12.5. The van der Waals surface area contributed by atoms with Crippen molar-refractivity contribution in [3.63, 3.8) is 0 Å². The second-order valence-corrected chi connectivity index (χ2v) is 5.67. The first-order valence-corrected chi connectivity index (χ1v) is 7.50. The first kappa shape index (κ1) is 14.4. The number of rotatable bonds is 2. The van der Waals surface area contributed by atoms with Gasteiger partial charge in [-0.2, -0.15) is 0 Å². The molecule has 21 heavy (non-hydrogen) atoms. The van der Waals surface area contributed by atoms with E-state index in [-0.39, 0.29) is 12.1 Å². The van der Waals surface area contributed by atoms with Gasteiger partial charge in [0.15, 0.2) is 0 Å². The molecule has 0 saturated carbocycles. The molecular formula is C16H22N2O3. The van der Waals surface area contributed by atoms with E-state index in [2.05, 4.69) is 18.2 Å². The molecule has 114 valence electrons. The lowest BCUT2D eigenvalue weighted by Gasteiger charge is -2.34. The second-order valence-electron chi connectivity index (χ2n) is 5.67. The van der Waals surface area contributed by atoms with Crippen molar-refractivity contribution in [2.45, 2.75) is 19.1 Å². The summed E-state index contributed by atoms with van der Waals surface area (Å²) in [7, 11) is 1.85. The standard InChI is InChI=1S/C16H22N2O3/c1-17(16(19)18-6-8-20-9-7-18)11-15-10-13-4-2-3-5-14(13)12-21-15/h2-5,15H,6-12H2,1H3. The molecule has 0 spiro atoms. The number of carbonyl (C=O) groups excluding carboxylic acids is 1. The van der Waals surface area contributed by atoms with E-state index in [9.17, 15) is 4.79 Å². The van der Waals surface area contributed by atoms with Crippen molar-refractivity contribution >= 4 is 6.03 Å². The summed E-state index contributed by atoms with van der Waals surface area (Å²) in [5, 5.41) is 0. The Morgan fingerprint density at radius 2 is 2.00 bits per heavy atom. The van der Waals surface area contributed by atoms with Crippen LogP contribution in [0.2, 0.25) is 0 Å². The Balaban J connectivity index is 1.56. The molecule has 2 aliphatic rings. The summed E-state index contributed by atoms with van der Waals surface area (Å²) in [6.45, 7) is 3.89. The fraction of sp³-hybridized carbons (Fsp3) is 0.562. The zero-order valence-electron chi connectivity index (χ0n) is 12.5. The molecule has 0 radical (unpaired) electrons. The fourth-order valence-corrected chi connectivity index (χ4v) is 2.91. The summed E-state index contributed by atoms with van der Waals surface area (Å²) in [5.74, 6) is 0. The van der Waals surface area contributed by atoms with E-state index in [0.717, 1.165) is 6.42 Å². The van der Waals surface area contributed by atoms with Crippen LogP contribution in [0, 0.1) is 0 Å². The van der Waals surface area contributed by atoms with Gasteiger partial charge in [-0.1, -0.05) is 24.3 Å². The number of carbonyl (C=O) groups is 1. The molecule has 0 N–H and O–H groups in total. The number of hydrogen-bond donors (Lipinski definition) is 0. The number of likely N-dealkylation sites (N-methyl/N-ethyl adjacent to an activating group) is 1. The molecule has 1 aromatic rings. The van der Waals surface area contributed by atoms with Gasteiger partial charge in [-0.25, -0.2) is 4.79 Å². The summed E-state index contributed by atoms with van der Waals surface area (Å²) < 4.78 is 11.2. The zero-order chi connectivity index (χ0) is 14.7. The lowest BCUT2D eigenvalue weighted by atomic mass is 9.99. The van der Waals surface area contributed by atoms with Crippen LogP contribution in [0.4, 0.5) is 4.79 Å². The number of hydrogen-bond acceptors (Lipinski definition) is 3. The van der Waals surface area contributed by atoms with Gasteiger partial charge in [-0.3, -0.25) is 0 Å². The molecule has 1 atom stereocenters. The maximum atomic E-state index is 12.4. The summed E-state index contributed by atoms with van der Waals surface area (Å²) >= 11 is 0. The van der Waals surface area contributed by atoms with E-state index < -0.39 is 0 Å². The van der Waals surface area contributed by atoms with Crippen LogP contribution in [0.1, 0.15) is 11.1 Å². The number of amides is 2. The van der Waals surface area contributed by atoms with Crippen LogP contribution in [0.25, 0.3) is 0 Å². The number of benzene rings is 1. The minimum absolute atomic E-state index is 0.0701. The molecule has 5 heteroatoms. The molecule has 1 saturated heterocycles. The van der Waals surface area contributed by atoms with Crippen LogP contribution in [0.15, 0.2) is 24.3 Å². The van der Waals surface area contributed by atoms with Gasteiger partial charge >= 0.3 is 6.03 Å². The van der Waals surface area contributed by atoms with Crippen LogP contribution in [0.5, 0.6) is 0 Å². The SMILES string of the molecule is CN(CC1Cc2ccccc2CO1)C(=O)N1CCOCC1. The van der Waals surface area contributed by atoms with Crippen molar-refractivity contribution in [1.29, 1.82) is 0 Å². The summed E-state index contributed by atoms with van der Waals surface area (Å²) in [5.41, 5.74) is 2.59. The summed E-state index contributed by atoms with van der Waals surface area (Å²) in [4.78, 5) is 16.0. The number of urea groups is 1. The number of fused-ring (bicyclic) bond motifs is 1. The lowest BCUT2D eigenvalue weighted by Crippen LogP contribution is -2.49. The smallest absolute Gasteiger partial charge is 0.319 e. The number of nitrogens with zero attached hydrogens (tertiary/aromatic N) is 2. The van der Waals surface area contributed by atoms with Gasteiger partial charge in [0, 0.05) is 33.1 Å². The Kier molecular flexibility index (Phi) is 4.41. The summed E-state index contributed by atoms with van der Waals surface area (Å²) in [6, 6.07) is 8.42. The van der Waals surface area contributed by atoms with Gasteiger partial charge in [0.25, 0.3) is 0 Å². The van der Waals surface area contributed by atoms with Crippen LogP contribution in [0.3, 0.4) is 0 Å². The third-order valence-electron chi connectivity index (χ3n) is 4.13. The third kappa shape index (κ3) is 3.36. The van der Waals surface area contributed by atoms with Gasteiger partial charge in [-0.15, -0.1) is 0 Å². The Hall–Kier alpha value is -1.59. The topological polar surface area (TPSA) is 42.0 Å². The van der Waals surface area contributed by atoms with Crippen molar-refractivity contribution in [2.75, 3.05) is 39.9 Å². The average molecular weight is 290 g/mol. The van der Waals surface area contributed by atoms with Gasteiger partial charge < -0.3 is 19.3 Å². The van der Waals surface area contributed by atoms with Gasteiger partial charge in [-0.05, 0) is 11.1 Å². The van der Waals surface area contributed by atoms with Crippen LogP contribution >= 0.6 is 0 Å². The van der Waals surface area contributed by atoms with Crippen molar-refractivity contribution in [3.05, 3.63) is 35.4 Å². The van der Waals surface area contributed by atoms with E-state index in [1.54, 1.807) is 4.90 Å². The maximum absolute atomic E-state index is 12.4. The van der Waals surface area contributed by atoms with Crippen molar-refractivity contribution in [1.82, 2.24) is 9.80 Å². The molecule has 2 heterocycles. The van der Waals surface area contributed by atoms with Crippen molar-refractivity contribution in [2.24, 2.45) is 0 Å². The minimum atomic E-state index is 0.0701. The Morgan fingerprint density at radius 3 is 2.76 bits per heavy atom. The normalized spacial score (nSPS) is 21.8. The molecule has 0 aliphatic carbocycles. The minimum Gasteiger partial charge on any atom is -0.378 e. The van der Waals surface area contributed by atoms with E-state index in [0.29, 0.717) is 39.5 Å². The highest BCUT2D eigenvalue weighted by atomic mass is 16.5. The van der Waals surface area contributed by atoms with Crippen LogP contribution in [-0.2, 0) is 22.5 Å². The quantitative estimate of drug-likeness (QED) is 0.829. The number of morpholine rings is 1. The maximum Gasteiger partial charge on any atom is 0.319 e. The predicted molar refractivity (Wildman–Crippen MR) is 79.1 cm³/mol. The Morgan fingerprint density at radius 1 is 1.29 bits per heavy atom. The Bertz CT molecular complexity index is 500. The summed E-state index contributed by atoms with van der Waals surface area (Å²) in [6.07, 6.45) is 0.951. The van der Waals surface area contributed by atoms with Crippen LogP contribution < -0.4 is 0 Å².